The Balaban J connectivity index is 1.25. The fourth-order valence-corrected chi connectivity index (χ4v) is 6.98. The van der Waals surface area contributed by atoms with Gasteiger partial charge in [-0.1, -0.05) is 127 Å². The topological polar surface area (TPSA) is 65.0 Å². The number of furan rings is 2. The minimum atomic E-state index is 0.587. The second kappa shape index (κ2) is 11.4. The maximum Gasteiger partial charge on any atom is 0.164 e. The molecule has 0 atom stereocenters. The fraction of sp³-hybridized carbons (Fsp3) is 0. The number of nitrogens with zero attached hydrogens (tertiary/aromatic N) is 3. The van der Waals surface area contributed by atoms with Crippen LogP contribution in [-0.4, -0.2) is 15.0 Å². The molecule has 0 spiro atoms. The van der Waals surface area contributed by atoms with Crippen molar-refractivity contribution in [2.75, 3.05) is 0 Å². The fourth-order valence-electron chi connectivity index (χ4n) is 6.98. The van der Waals surface area contributed by atoms with Gasteiger partial charge in [0.05, 0.1) is 0 Å². The van der Waals surface area contributed by atoms with Gasteiger partial charge in [-0.05, 0) is 58.7 Å². The van der Waals surface area contributed by atoms with Crippen LogP contribution in [0.25, 0.3) is 100 Å². The highest BCUT2D eigenvalue weighted by Gasteiger charge is 2.20. The summed E-state index contributed by atoms with van der Waals surface area (Å²) in [5.74, 6) is 1.81. The summed E-state index contributed by atoms with van der Waals surface area (Å²) in [5.41, 5.74) is 10.3. The van der Waals surface area contributed by atoms with Crippen LogP contribution in [0.5, 0.6) is 0 Å². The Morgan fingerprint density at radius 3 is 1.58 bits per heavy atom. The van der Waals surface area contributed by atoms with E-state index in [9.17, 15) is 0 Å². The molecule has 0 aliphatic heterocycles. The van der Waals surface area contributed by atoms with Crippen molar-refractivity contribution in [3.63, 3.8) is 0 Å². The summed E-state index contributed by atoms with van der Waals surface area (Å²) in [6.07, 6.45) is 0. The van der Waals surface area contributed by atoms with Crippen molar-refractivity contribution in [2.24, 2.45) is 0 Å². The number of hydrogen-bond acceptors (Lipinski definition) is 5. The molecule has 0 bridgehead atoms. The predicted octanol–water partition coefficient (Wildman–Crippen LogP) is 12.0. The van der Waals surface area contributed by atoms with Gasteiger partial charge in [0, 0.05) is 38.2 Å². The van der Waals surface area contributed by atoms with Gasteiger partial charge in [0.2, 0.25) is 0 Å². The lowest BCUT2D eigenvalue weighted by atomic mass is 9.91. The normalized spacial score (nSPS) is 11.6. The first-order valence-electron chi connectivity index (χ1n) is 16.6. The van der Waals surface area contributed by atoms with E-state index in [2.05, 4.69) is 60.7 Å². The lowest BCUT2D eigenvalue weighted by Crippen LogP contribution is -2.01. The molecule has 0 aliphatic carbocycles. The first-order valence-corrected chi connectivity index (χ1v) is 16.6. The van der Waals surface area contributed by atoms with Crippen LogP contribution in [0.2, 0.25) is 0 Å². The lowest BCUT2D eigenvalue weighted by Gasteiger charge is -2.15. The zero-order valence-electron chi connectivity index (χ0n) is 26.7. The van der Waals surface area contributed by atoms with Crippen LogP contribution >= 0.6 is 0 Å². The van der Waals surface area contributed by atoms with Crippen LogP contribution in [0.1, 0.15) is 0 Å². The highest BCUT2D eigenvalue weighted by atomic mass is 16.3. The molecular formula is C45H27N3O2. The van der Waals surface area contributed by atoms with Crippen molar-refractivity contribution in [1.82, 2.24) is 15.0 Å². The van der Waals surface area contributed by atoms with E-state index < -0.39 is 0 Å². The molecule has 234 valence electrons. The van der Waals surface area contributed by atoms with Crippen molar-refractivity contribution < 1.29 is 8.83 Å². The maximum atomic E-state index is 6.32. The summed E-state index contributed by atoms with van der Waals surface area (Å²) >= 11 is 0. The molecule has 0 unspecified atom stereocenters. The molecule has 0 saturated carbocycles. The smallest absolute Gasteiger partial charge is 0.164 e. The average Bonchev–Trinajstić information content (AvgIpc) is 3.76. The molecule has 0 radical (unpaired) electrons. The van der Waals surface area contributed by atoms with Crippen LogP contribution in [0, 0.1) is 0 Å². The van der Waals surface area contributed by atoms with Gasteiger partial charge in [0.1, 0.15) is 22.3 Å². The number of para-hydroxylation sites is 2. The molecule has 3 aromatic heterocycles. The van der Waals surface area contributed by atoms with E-state index in [0.29, 0.717) is 17.5 Å². The van der Waals surface area contributed by atoms with Gasteiger partial charge < -0.3 is 8.83 Å². The van der Waals surface area contributed by atoms with Gasteiger partial charge in [-0.2, -0.15) is 0 Å². The third-order valence-corrected chi connectivity index (χ3v) is 9.36. The molecular weight excluding hydrogens is 615 g/mol. The number of benzene rings is 7. The SMILES string of the molecule is c1ccc(-c2nc(-c3ccccc3)nc(-c3cc(-c4ccc5c(c4)oc4ccccc45)ccc3-c3cccc4oc5ccccc5c34)n2)cc1. The van der Waals surface area contributed by atoms with Gasteiger partial charge in [-0.3, -0.25) is 0 Å². The van der Waals surface area contributed by atoms with Gasteiger partial charge in [0.25, 0.3) is 0 Å². The molecule has 50 heavy (non-hydrogen) atoms. The van der Waals surface area contributed by atoms with Gasteiger partial charge >= 0.3 is 0 Å². The molecule has 0 fully saturated rings. The molecule has 5 heteroatoms. The summed E-state index contributed by atoms with van der Waals surface area (Å²) < 4.78 is 12.6. The first-order chi connectivity index (χ1) is 24.8. The minimum Gasteiger partial charge on any atom is -0.456 e. The molecule has 0 amide bonds. The Morgan fingerprint density at radius 2 is 0.840 bits per heavy atom. The van der Waals surface area contributed by atoms with E-state index in [1.165, 1.54) is 0 Å². The number of aromatic nitrogens is 3. The van der Waals surface area contributed by atoms with Crippen LogP contribution < -0.4 is 0 Å². The van der Waals surface area contributed by atoms with Gasteiger partial charge in [-0.25, -0.2) is 15.0 Å². The van der Waals surface area contributed by atoms with Crippen molar-refractivity contribution in [3.8, 4) is 56.4 Å². The largest absolute Gasteiger partial charge is 0.456 e. The van der Waals surface area contributed by atoms with Crippen LogP contribution in [0.15, 0.2) is 173 Å². The third kappa shape index (κ3) is 4.67. The minimum absolute atomic E-state index is 0.587. The monoisotopic (exact) mass is 641 g/mol. The first kappa shape index (κ1) is 28.2. The highest BCUT2D eigenvalue weighted by Crippen LogP contribution is 2.42. The second-order valence-corrected chi connectivity index (χ2v) is 12.4. The maximum absolute atomic E-state index is 6.32. The summed E-state index contributed by atoms with van der Waals surface area (Å²) in [4.78, 5) is 15.3. The predicted molar refractivity (Wildman–Crippen MR) is 202 cm³/mol. The van der Waals surface area contributed by atoms with E-state index in [-0.39, 0.29) is 0 Å². The zero-order chi connectivity index (χ0) is 33.0. The Hall–Kier alpha value is -6.85. The second-order valence-electron chi connectivity index (χ2n) is 12.4. The molecule has 5 nitrogen and oxygen atoms in total. The van der Waals surface area contributed by atoms with Gasteiger partial charge in [-0.15, -0.1) is 0 Å². The van der Waals surface area contributed by atoms with Crippen molar-refractivity contribution in [2.45, 2.75) is 0 Å². The Labute approximate surface area is 287 Å². The molecule has 0 saturated heterocycles. The molecule has 7 aromatic carbocycles. The van der Waals surface area contributed by atoms with Crippen molar-refractivity contribution in [1.29, 1.82) is 0 Å². The number of fused-ring (bicyclic) bond motifs is 6. The lowest BCUT2D eigenvalue weighted by molar-refractivity contribution is 0.668. The summed E-state index contributed by atoms with van der Waals surface area (Å²) in [7, 11) is 0. The van der Waals surface area contributed by atoms with E-state index in [1.54, 1.807) is 0 Å². The van der Waals surface area contributed by atoms with Crippen molar-refractivity contribution in [3.05, 3.63) is 164 Å². The quantitative estimate of drug-likeness (QED) is 0.187. The summed E-state index contributed by atoms with van der Waals surface area (Å²) in [5, 5.41) is 4.32. The highest BCUT2D eigenvalue weighted by molar-refractivity contribution is 6.13. The standard InChI is InChI=1S/C45H27N3O2/c1-3-12-28(13-4-1)43-46-44(29-14-5-2-6-15-29)48-45(47-43)37-26-30(31-23-25-34-33-16-7-9-19-38(33)50-41(34)27-31)22-24-32(37)35-18-11-21-40-42(35)36-17-8-10-20-39(36)49-40/h1-27H. The average molecular weight is 642 g/mol. The Bertz CT molecular complexity index is 2810. The Morgan fingerprint density at radius 1 is 0.300 bits per heavy atom. The zero-order valence-corrected chi connectivity index (χ0v) is 26.7. The molecule has 10 aromatic rings. The molecule has 3 heterocycles. The molecule has 0 N–H and O–H groups in total. The number of rotatable bonds is 5. The van der Waals surface area contributed by atoms with E-state index in [0.717, 1.165) is 82.8 Å². The third-order valence-electron chi connectivity index (χ3n) is 9.36. The van der Waals surface area contributed by atoms with E-state index >= 15 is 0 Å². The van der Waals surface area contributed by atoms with Crippen LogP contribution in [0.4, 0.5) is 0 Å². The number of hydrogen-bond donors (Lipinski definition) is 0. The summed E-state index contributed by atoms with van der Waals surface area (Å²) in [6.45, 7) is 0. The van der Waals surface area contributed by atoms with Gasteiger partial charge in [0.15, 0.2) is 17.5 Å². The molecule has 0 aliphatic rings. The molecule has 10 rings (SSSR count). The van der Waals surface area contributed by atoms with E-state index in [4.69, 9.17) is 23.8 Å². The van der Waals surface area contributed by atoms with Crippen LogP contribution in [-0.2, 0) is 0 Å². The summed E-state index contributed by atoms with van der Waals surface area (Å²) in [6, 6.07) is 55.7. The van der Waals surface area contributed by atoms with E-state index in [1.807, 2.05) is 103 Å². The Kier molecular flexibility index (Phi) is 6.42. The van der Waals surface area contributed by atoms with Crippen molar-refractivity contribution >= 4 is 43.9 Å². The van der Waals surface area contributed by atoms with Crippen LogP contribution in [0.3, 0.4) is 0 Å².